The van der Waals surface area contributed by atoms with Crippen molar-refractivity contribution in [2.24, 2.45) is 0 Å². The van der Waals surface area contributed by atoms with Crippen LogP contribution in [0.3, 0.4) is 0 Å². The van der Waals surface area contributed by atoms with Gasteiger partial charge in [-0.1, -0.05) is 6.07 Å². The number of pyridine rings is 2. The number of anilines is 2. The maximum Gasteiger partial charge on any atom is 0.342 e. The quantitative estimate of drug-likeness (QED) is 0.507. The molecule has 3 aromatic rings. The summed E-state index contributed by atoms with van der Waals surface area (Å²) in [6.45, 7) is 5.57. The number of carbonyl (C=O) groups is 1. The van der Waals surface area contributed by atoms with Crippen molar-refractivity contribution >= 4 is 40.1 Å². The lowest BCUT2D eigenvalue weighted by Gasteiger charge is -2.15. The molecule has 0 fully saturated rings. The Balaban J connectivity index is 2.13. The maximum absolute atomic E-state index is 12.6. The molecule has 1 N–H and O–H groups in total. The third-order valence-electron chi connectivity index (χ3n) is 3.77. The Morgan fingerprint density at radius 3 is 2.77 bits per heavy atom. The summed E-state index contributed by atoms with van der Waals surface area (Å²) in [7, 11) is 0. The Labute approximate surface area is 157 Å². The number of aromatic nitrogens is 2. The minimum Gasteiger partial charge on any atom is -0.459 e. The topological polar surface area (TPSA) is 64.1 Å². The molecule has 0 saturated carbocycles. The summed E-state index contributed by atoms with van der Waals surface area (Å²) in [4.78, 5) is 22.5. The monoisotopic (exact) mass is 367 g/mol. The second kappa shape index (κ2) is 7.74. The molecule has 0 spiro atoms. The van der Waals surface area contributed by atoms with Gasteiger partial charge in [0.25, 0.3) is 0 Å². The molecule has 0 aliphatic heterocycles. The van der Waals surface area contributed by atoms with E-state index in [1.165, 1.54) is 6.20 Å². The Hall–Kier alpha value is -2.60. The van der Waals surface area contributed by atoms with Crippen LogP contribution in [0.25, 0.3) is 11.0 Å². The van der Waals surface area contributed by atoms with E-state index in [2.05, 4.69) is 15.3 Å². The van der Waals surface area contributed by atoms with Crippen LogP contribution in [0.4, 0.5) is 11.4 Å². The Morgan fingerprint density at radius 1 is 1.23 bits per heavy atom. The molecule has 6 heteroatoms. The molecule has 5 nitrogen and oxygen atoms in total. The Morgan fingerprint density at radius 2 is 2.04 bits per heavy atom. The number of hydrogen-bond acceptors (Lipinski definition) is 6. The van der Waals surface area contributed by atoms with Gasteiger partial charge in [0, 0.05) is 27.9 Å². The van der Waals surface area contributed by atoms with Gasteiger partial charge >= 0.3 is 5.97 Å². The van der Waals surface area contributed by atoms with Crippen molar-refractivity contribution in [1.29, 1.82) is 0 Å². The van der Waals surface area contributed by atoms with Gasteiger partial charge in [0.05, 0.1) is 11.8 Å². The summed E-state index contributed by atoms with van der Waals surface area (Å²) in [6.07, 6.45) is 3.35. The average Bonchev–Trinajstić information content (AvgIpc) is 2.61. The van der Waals surface area contributed by atoms with Crippen molar-refractivity contribution in [1.82, 2.24) is 9.97 Å². The van der Waals surface area contributed by atoms with E-state index in [0.717, 1.165) is 21.7 Å². The first-order chi connectivity index (χ1) is 12.5. The van der Waals surface area contributed by atoms with Crippen LogP contribution in [0.15, 0.2) is 47.5 Å². The van der Waals surface area contributed by atoms with Crippen molar-refractivity contribution in [2.45, 2.75) is 31.8 Å². The van der Waals surface area contributed by atoms with E-state index < -0.39 is 5.97 Å². The fourth-order valence-corrected chi connectivity index (χ4v) is 3.04. The van der Waals surface area contributed by atoms with Crippen LogP contribution < -0.4 is 5.32 Å². The van der Waals surface area contributed by atoms with Crippen LogP contribution in [0.1, 0.15) is 29.9 Å². The van der Waals surface area contributed by atoms with Crippen LogP contribution in [-0.4, -0.2) is 28.3 Å². The van der Waals surface area contributed by atoms with Gasteiger partial charge in [-0.3, -0.25) is 0 Å². The first kappa shape index (κ1) is 18.2. The molecule has 2 heterocycles. The molecule has 2 aromatic heterocycles. The summed E-state index contributed by atoms with van der Waals surface area (Å²) >= 11 is 1.66. The molecular weight excluding hydrogens is 346 g/mol. The molecule has 0 radical (unpaired) electrons. The van der Waals surface area contributed by atoms with Gasteiger partial charge in [0.2, 0.25) is 0 Å². The summed E-state index contributed by atoms with van der Waals surface area (Å²) in [5, 5.41) is 4.15. The molecule has 0 aliphatic rings. The number of esters is 1. The molecule has 0 saturated heterocycles. The van der Waals surface area contributed by atoms with Gasteiger partial charge in [0.15, 0.2) is 5.65 Å². The number of hydrogen-bond donors (Lipinski definition) is 1. The zero-order valence-corrected chi connectivity index (χ0v) is 16.1. The van der Waals surface area contributed by atoms with E-state index >= 15 is 0 Å². The minimum absolute atomic E-state index is 0.206. The smallest absolute Gasteiger partial charge is 0.342 e. The SMILES string of the molecule is CSc1cccc(Nc2c(C(=O)OC(C)C)cnc3nc(C)ccc23)c1. The van der Waals surface area contributed by atoms with Gasteiger partial charge < -0.3 is 10.1 Å². The van der Waals surface area contributed by atoms with Gasteiger partial charge in [-0.2, -0.15) is 0 Å². The number of benzene rings is 1. The highest BCUT2D eigenvalue weighted by Crippen LogP contribution is 2.30. The summed E-state index contributed by atoms with van der Waals surface area (Å²) < 4.78 is 5.39. The molecule has 134 valence electrons. The number of nitrogens with one attached hydrogen (secondary N) is 1. The predicted molar refractivity (Wildman–Crippen MR) is 106 cm³/mol. The molecule has 0 aliphatic carbocycles. The highest BCUT2D eigenvalue weighted by molar-refractivity contribution is 7.98. The van der Waals surface area contributed by atoms with Crippen molar-refractivity contribution in [3.8, 4) is 0 Å². The lowest BCUT2D eigenvalue weighted by molar-refractivity contribution is 0.0379. The largest absolute Gasteiger partial charge is 0.459 e. The number of carbonyl (C=O) groups excluding carboxylic acids is 1. The third-order valence-corrected chi connectivity index (χ3v) is 4.50. The standard InChI is InChI=1S/C20H21N3O2S/c1-12(2)25-20(24)17-11-21-19-16(9-8-13(3)22-19)18(17)23-14-6-5-7-15(10-14)26-4/h5-12H,1-4H3,(H,21,22,23). The van der Waals surface area contributed by atoms with E-state index in [4.69, 9.17) is 4.74 Å². The van der Waals surface area contributed by atoms with E-state index in [1.54, 1.807) is 11.8 Å². The van der Waals surface area contributed by atoms with Crippen LogP contribution in [0, 0.1) is 6.92 Å². The molecule has 0 atom stereocenters. The number of aryl methyl sites for hydroxylation is 1. The normalized spacial score (nSPS) is 11.0. The van der Waals surface area contributed by atoms with Crippen molar-refractivity contribution < 1.29 is 9.53 Å². The number of thioether (sulfide) groups is 1. The van der Waals surface area contributed by atoms with E-state index in [0.29, 0.717) is 16.9 Å². The fourth-order valence-electron chi connectivity index (χ4n) is 2.58. The van der Waals surface area contributed by atoms with E-state index in [1.807, 2.05) is 63.4 Å². The first-order valence-electron chi connectivity index (χ1n) is 8.36. The van der Waals surface area contributed by atoms with Gasteiger partial charge in [0.1, 0.15) is 5.56 Å². The Bertz CT molecular complexity index is 957. The fraction of sp³-hybridized carbons (Fsp3) is 0.250. The molecule has 0 bridgehead atoms. The second-order valence-corrected chi connectivity index (χ2v) is 7.06. The predicted octanol–water partition coefficient (Wildman–Crippen LogP) is 4.97. The Kier molecular flexibility index (Phi) is 5.42. The molecule has 26 heavy (non-hydrogen) atoms. The zero-order valence-electron chi connectivity index (χ0n) is 15.2. The highest BCUT2D eigenvalue weighted by Gasteiger charge is 2.19. The first-order valence-corrected chi connectivity index (χ1v) is 9.59. The van der Waals surface area contributed by atoms with Crippen LogP contribution in [0.5, 0.6) is 0 Å². The summed E-state index contributed by atoms with van der Waals surface area (Å²) in [5.41, 5.74) is 3.41. The van der Waals surface area contributed by atoms with E-state index in [-0.39, 0.29) is 6.10 Å². The number of ether oxygens (including phenoxy) is 1. The highest BCUT2D eigenvalue weighted by atomic mass is 32.2. The second-order valence-electron chi connectivity index (χ2n) is 6.18. The average molecular weight is 367 g/mol. The lowest BCUT2D eigenvalue weighted by atomic mass is 10.1. The maximum atomic E-state index is 12.6. The van der Waals surface area contributed by atoms with Gasteiger partial charge in [-0.05, 0) is 57.4 Å². The molecule has 3 rings (SSSR count). The summed E-state index contributed by atoms with van der Waals surface area (Å²) in [5.74, 6) is -0.404. The summed E-state index contributed by atoms with van der Waals surface area (Å²) in [6, 6.07) is 11.9. The molecule has 1 aromatic carbocycles. The third kappa shape index (κ3) is 3.96. The molecule has 0 amide bonds. The van der Waals surface area contributed by atoms with Gasteiger partial charge in [-0.15, -0.1) is 11.8 Å². The van der Waals surface area contributed by atoms with Crippen molar-refractivity contribution in [3.05, 3.63) is 53.9 Å². The lowest BCUT2D eigenvalue weighted by Crippen LogP contribution is -2.14. The number of nitrogens with zero attached hydrogens (tertiary/aromatic N) is 2. The van der Waals surface area contributed by atoms with E-state index in [9.17, 15) is 4.79 Å². The van der Waals surface area contributed by atoms with Crippen LogP contribution >= 0.6 is 11.8 Å². The number of rotatable bonds is 5. The van der Waals surface area contributed by atoms with Gasteiger partial charge in [-0.25, -0.2) is 14.8 Å². The number of fused-ring (bicyclic) bond motifs is 1. The minimum atomic E-state index is -0.404. The van der Waals surface area contributed by atoms with Crippen molar-refractivity contribution in [2.75, 3.05) is 11.6 Å². The van der Waals surface area contributed by atoms with Crippen LogP contribution in [-0.2, 0) is 4.74 Å². The van der Waals surface area contributed by atoms with Crippen molar-refractivity contribution in [3.63, 3.8) is 0 Å². The zero-order chi connectivity index (χ0) is 18.7. The molecular formula is C20H21N3O2S. The van der Waals surface area contributed by atoms with Crippen LogP contribution in [0.2, 0.25) is 0 Å². The molecule has 0 unspecified atom stereocenters.